The van der Waals surface area contributed by atoms with Gasteiger partial charge in [0.2, 0.25) is 0 Å². The molecule has 2 aliphatic rings. The molecule has 1 spiro atoms. The minimum Gasteiger partial charge on any atom is -0.508 e. The van der Waals surface area contributed by atoms with Gasteiger partial charge in [-0.1, -0.05) is 41.4 Å². The molecule has 0 amide bonds. The van der Waals surface area contributed by atoms with Gasteiger partial charge in [0.05, 0.1) is 16.1 Å². The van der Waals surface area contributed by atoms with E-state index >= 15 is 0 Å². The lowest BCUT2D eigenvalue weighted by Crippen LogP contribution is -2.33. The Morgan fingerprint density at radius 3 is 2.52 bits per heavy atom. The van der Waals surface area contributed by atoms with Crippen molar-refractivity contribution < 1.29 is 24.5 Å². The molecule has 134 valence electrons. The highest BCUT2D eigenvalue weighted by Gasteiger charge is 2.54. The lowest BCUT2D eigenvalue weighted by atomic mass is 9.77. The molecule has 5 rings (SSSR count). The van der Waals surface area contributed by atoms with Gasteiger partial charge < -0.3 is 19.7 Å². The zero-order chi connectivity index (χ0) is 18.9. The maximum atomic E-state index is 12.6. The van der Waals surface area contributed by atoms with Gasteiger partial charge in [0.25, 0.3) is 0 Å². The van der Waals surface area contributed by atoms with Crippen molar-refractivity contribution in [3.05, 3.63) is 80.8 Å². The first-order valence-electron chi connectivity index (χ1n) is 7.99. The van der Waals surface area contributed by atoms with Crippen LogP contribution in [0.5, 0.6) is 23.0 Å². The third-order valence-corrected chi connectivity index (χ3v) is 5.50. The summed E-state index contributed by atoms with van der Waals surface area (Å²) < 4.78 is 11.8. The van der Waals surface area contributed by atoms with E-state index in [1.807, 2.05) is 0 Å². The Bertz CT molecular complexity index is 1160. The molecule has 0 radical (unpaired) electrons. The van der Waals surface area contributed by atoms with Crippen LogP contribution in [0.4, 0.5) is 0 Å². The van der Waals surface area contributed by atoms with Gasteiger partial charge in [-0.3, -0.25) is 0 Å². The molecule has 5 nitrogen and oxygen atoms in total. The Balaban J connectivity index is 1.95. The SMILES string of the molecule is O=C1OC2(c3ccc(O)cc3Oc3c2cc(Cl)c(O)c3Cl)c2ccccc21. The molecule has 1 atom stereocenters. The third kappa shape index (κ3) is 1.98. The van der Waals surface area contributed by atoms with Crippen LogP contribution >= 0.6 is 23.2 Å². The van der Waals surface area contributed by atoms with Crippen LogP contribution in [0.1, 0.15) is 27.0 Å². The van der Waals surface area contributed by atoms with Gasteiger partial charge in [-0.15, -0.1) is 0 Å². The van der Waals surface area contributed by atoms with Crippen molar-refractivity contribution >= 4 is 29.2 Å². The fourth-order valence-corrected chi connectivity index (χ4v) is 4.21. The van der Waals surface area contributed by atoms with Crippen molar-refractivity contribution in [1.82, 2.24) is 0 Å². The number of benzene rings is 3. The molecular weight excluding hydrogens is 391 g/mol. The first-order valence-corrected chi connectivity index (χ1v) is 8.74. The monoisotopic (exact) mass is 400 g/mol. The summed E-state index contributed by atoms with van der Waals surface area (Å²) in [5, 5.41) is 19.9. The van der Waals surface area contributed by atoms with Gasteiger partial charge in [0, 0.05) is 17.2 Å². The molecule has 0 saturated carbocycles. The van der Waals surface area contributed by atoms with Crippen molar-refractivity contribution in [2.24, 2.45) is 0 Å². The molecule has 3 aromatic rings. The van der Waals surface area contributed by atoms with Crippen LogP contribution in [0.25, 0.3) is 0 Å². The van der Waals surface area contributed by atoms with Crippen LogP contribution < -0.4 is 4.74 Å². The number of aromatic hydroxyl groups is 2. The minimum absolute atomic E-state index is 0.00406. The second-order valence-corrected chi connectivity index (χ2v) is 7.08. The van der Waals surface area contributed by atoms with Crippen molar-refractivity contribution in [3.8, 4) is 23.0 Å². The van der Waals surface area contributed by atoms with E-state index in [2.05, 4.69) is 0 Å². The topological polar surface area (TPSA) is 76.0 Å². The van der Waals surface area contributed by atoms with E-state index < -0.39 is 11.6 Å². The van der Waals surface area contributed by atoms with Crippen LogP contribution in [0.15, 0.2) is 48.5 Å². The number of hydrogen-bond donors (Lipinski definition) is 2. The molecule has 3 aromatic carbocycles. The average molecular weight is 401 g/mol. The zero-order valence-corrected chi connectivity index (χ0v) is 15.0. The predicted molar refractivity (Wildman–Crippen MR) is 98.0 cm³/mol. The molecule has 0 bridgehead atoms. The van der Waals surface area contributed by atoms with E-state index in [1.165, 1.54) is 18.2 Å². The summed E-state index contributed by atoms with van der Waals surface area (Å²) in [5.41, 5.74) is 0.565. The third-order valence-electron chi connectivity index (χ3n) is 4.86. The van der Waals surface area contributed by atoms with E-state index in [-0.39, 0.29) is 33.0 Å². The molecule has 27 heavy (non-hydrogen) atoms. The highest BCUT2D eigenvalue weighted by Crippen LogP contribution is 2.59. The van der Waals surface area contributed by atoms with Crippen molar-refractivity contribution in [2.45, 2.75) is 5.60 Å². The number of rotatable bonds is 0. The van der Waals surface area contributed by atoms with E-state index in [9.17, 15) is 15.0 Å². The maximum absolute atomic E-state index is 12.6. The lowest BCUT2D eigenvalue weighted by molar-refractivity contribution is 0.0224. The van der Waals surface area contributed by atoms with E-state index in [1.54, 1.807) is 30.3 Å². The molecule has 2 heterocycles. The summed E-state index contributed by atoms with van der Waals surface area (Å²) in [4.78, 5) is 12.6. The standard InChI is InChI=1S/C20H10Cl2O5/c21-14-8-13-18(16(22)17(14)24)26-15-7-9(23)5-6-12(15)20(13)11-4-2-1-3-10(11)19(25)27-20/h1-8,23-24H. The fraction of sp³-hybridized carbons (Fsp3) is 0.0500. The normalized spacial score (nSPS) is 19.1. The number of carbonyl (C=O) groups is 1. The van der Waals surface area contributed by atoms with Crippen LogP contribution in [-0.4, -0.2) is 16.2 Å². The van der Waals surface area contributed by atoms with Crippen molar-refractivity contribution in [2.75, 3.05) is 0 Å². The summed E-state index contributed by atoms with van der Waals surface area (Å²) in [6.07, 6.45) is 0. The van der Waals surface area contributed by atoms with Crippen LogP contribution in [0, 0.1) is 0 Å². The summed E-state index contributed by atoms with van der Waals surface area (Å²) >= 11 is 12.4. The van der Waals surface area contributed by atoms with Gasteiger partial charge in [0.15, 0.2) is 17.1 Å². The highest BCUT2D eigenvalue weighted by molar-refractivity contribution is 6.38. The van der Waals surface area contributed by atoms with E-state index in [4.69, 9.17) is 32.7 Å². The Morgan fingerprint density at radius 1 is 0.926 bits per heavy atom. The molecule has 2 N–H and O–H groups in total. The van der Waals surface area contributed by atoms with Crippen LogP contribution in [0.2, 0.25) is 10.0 Å². The van der Waals surface area contributed by atoms with Gasteiger partial charge in [-0.05, 0) is 24.3 Å². The number of phenols is 2. The zero-order valence-electron chi connectivity index (χ0n) is 13.5. The Morgan fingerprint density at radius 2 is 1.70 bits per heavy atom. The summed E-state index contributed by atoms with van der Waals surface area (Å²) in [6, 6.07) is 13.0. The molecule has 1 unspecified atom stereocenters. The molecule has 0 aliphatic carbocycles. The van der Waals surface area contributed by atoms with E-state index in [0.29, 0.717) is 22.3 Å². The number of hydrogen-bond acceptors (Lipinski definition) is 5. The molecule has 0 aromatic heterocycles. The van der Waals surface area contributed by atoms with Gasteiger partial charge in [-0.25, -0.2) is 4.79 Å². The molecule has 2 aliphatic heterocycles. The number of halogens is 2. The van der Waals surface area contributed by atoms with Crippen molar-refractivity contribution in [1.29, 1.82) is 0 Å². The second kappa shape index (κ2) is 5.31. The Hall–Kier alpha value is -2.89. The summed E-state index contributed by atoms with van der Waals surface area (Å²) in [7, 11) is 0. The molecule has 0 saturated heterocycles. The molecule has 7 heteroatoms. The van der Waals surface area contributed by atoms with Crippen LogP contribution in [-0.2, 0) is 10.3 Å². The molecule has 0 fully saturated rings. The number of esters is 1. The van der Waals surface area contributed by atoms with Gasteiger partial charge in [0.1, 0.15) is 16.5 Å². The van der Waals surface area contributed by atoms with Crippen LogP contribution in [0.3, 0.4) is 0 Å². The number of phenolic OH excluding ortho intramolecular Hbond substituents is 2. The number of ether oxygens (including phenoxy) is 2. The number of fused-ring (bicyclic) bond motifs is 6. The second-order valence-electron chi connectivity index (χ2n) is 6.30. The summed E-state index contributed by atoms with van der Waals surface area (Å²) in [5.74, 6) is -0.498. The highest BCUT2D eigenvalue weighted by atomic mass is 35.5. The summed E-state index contributed by atoms with van der Waals surface area (Å²) in [6.45, 7) is 0. The Labute approximate surface area is 163 Å². The maximum Gasteiger partial charge on any atom is 0.340 e. The van der Waals surface area contributed by atoms with Crippen molar-refractivity contribution in [3.63, 3.8) is 0 Å². The van der Waals surface area contributed by atoms with Gasteiger partial charge in [-0.2, -0.15) is 0 Å². The Kier molecular flexibility index (Phi) is 3.21. The first kappa shape index (κ1) is 16.3. The quantitative estimate of drug-likeness (QED) is 0.520. The average Bonchev–Trinajstić information content (AvgIpc) is 2.95. The van der Waals surface area contributed by atoms with E-state index in [0.717, 1.165) is 0 Å². The fourth-order valence-electron chi connectivity index (χ4n) is 3.71. The smallest absolute Gasteiger partial charge is 0.340 e. The largest absolute Gasteiger partial charge is 0.508 e. The first-order chi connectivity index (χ1) is 12.9. The number of carbonyl (C=O) groups excluding carboxylic acids is 1. The lowest BCUT2D eigenvalue weighted by Gasteiger charge is -2.37. The minimum atomic E-state index is -1.36. The van der Waals surface area contributed by atoms with Gasteiger partial charge >= 0.3 is 5.97 Å². The predicted octanol–water partition coefficient (Wildman–Crippen LogP) is 4.97. The molecular formula is C20H10Cl2O5.